The van der Waals surface area contributed by atoms with Crippen LogP contribution in [0, 0.1) is 0 Å². The van der Waals surface area contributed by atoms with Gasteiger partial charge >= 0.3 is 0 Å². The van der Waals surface area contributed by atoms with Crippen molar-refractivity contribution in [1.29, 1.82) is 0 Å². The first-order valence-corrected chi connectivity index (χ1v) is 6.03. The van der Waals surface area contributed by atoms with E-state index in [1.807, 2.05) is 24.3 Å². The van der Waals surface area contributed by atoms with Crippen molar-refractivity contribution in [3.8, 4) is 0 Å². The van der Waals surface area contributed by atoms with Crippen molar-refractivity contribution >= 4 is 28.1 Å². The number of aromatic nitrogens is 2. The predicted molar refractivity (Wildman–Crippen MR) is 72.4 cm³/mol. The van der Waals surface area contributed by atoms with Crippen molar-refractivity contribution in [3.63, 3.8) is 0 Å². The standard InChI is InChI=1S/C12H11BrN4O/c1-17-7-6-11(16-17)12(18)15-14-8-9-2-4-10(13)5-3-9/h2-8H,1H3,(H,15,18). The molecule has 0 unspecified atom stereocenters. The molecule has 0 aliphatic rings. The van der Waals surface area contributed by atoms with Gasteiger partial charge in [0, 0.05) is 17.7 Å². The number of halogens is 1. The number of hydrazone groups is 1. The van der Waals surface area contributed by atoms with E-state index in [1.54, 1.807) is 30.2 Å². The molecule has 0 saturated heterocycles. The Morgan fingerprint density at radius 3 is 2.72 bits per heavy atom. The summed E-state index contributed by atoms with van der Waals surface area (Å²) >= 11 is 3.34. The highest BCUT2D eigenvalue weighted by Crippen LogP contribution is 2.08. The third-order valence-corrected chi connectivity index (χ3v) is 2.72. The molecular formula is C12H11BrN4O. The molecule has 1 aromatic heterocycles. The number of hydrogen-bond donors (Lipinski definition) is 1. The molecule has 5 nitrogen and oxygen atoms in total. The fourth-order valence-corrected chi connectivity index (χ4v) is 1.57. The zero-order valence-electron chi connectivity index (χ0n) is 9.67. The van der Waals surface area contributed by atoms with Gasteiger partial charge in [-0.1, -0.05) is 28.1 Å². The Morgan fingerprint density at radius 2 is 2.11 bits per heavy atom. The summed E-state index contributed by atoms with van der Waals surface area (Å²) in [5, 5.41) is 7.84. The highest BCUT2D eigenvalue weighted by Gasteiger charge is 2.06. The lowest BCUT2D eigenvalue weighted by atomic mass is 10.2. The minimum atomic E-state index is -0.330. The van der Waals surface area contributed by atoms with Gasteiger partial charge in [-0.15, -0.1) is 0 Å². The number of aryl methyl sites for hydroxylation is 1. The fraction of sp³-hybridized carbons (Fsp3) is 0.0833. The van der Waals surface area contributed by atoms with E-state index in [2.05, 4.69) is 31.6 Å². The molecule has 0 bridgehead atoms. The Morgan fingerprint density at radius 1 is 1.39 bits per heavy atom. The fourth-order valence-electron chi connectivity index (χ4n) is 1.31. The number of rotatable bonds is 3. The Bertz CT molecular complexity index is 574. The van der Waals surface area contributed by atoms with Crippen LogP contribution in [-0.4, -0.2) is 21.9 Å². The second-order valence-corrected chi connectivity index (χ2v) is 4.54. The second-order valence-electron chi connectivity index (χ2n) is 3.63. The molecule has 0 radical (unpaired) electrons. The van der Waals surface area contributed by atoms with E-state index in [4.69, 9.17) is 0 Å². The van der Waals surface area contributed by atoms with Crippen LogP contribution in [0.4, 0.5) is 0 Å². The Balaban J connectivity index is 1.95. The average molecular weight is 307 g/mol. The maximum Gasteiger partial charge on any atom is 0.291 e. The zero-order chi connectivity index (χ0) is 13.0. The van der Waals surface area contributed by atoms with Crippen LogP contribution < -0.4 is 5.43 Å². The number of carbonyl (C=O) groups is 1. The predicted octanol–water partition coefficient (Wildman–Crippen LogP) is 1.95. The summed E-state index contributed by atoms with van der Waals surface area (Å²) in [5.41, 5.74) is 3.66. The van der Waals surface area contributed by atoms with Crippen LogP contribution in [0.5, 0.6) is 0 Å². The van der Waals surface area contributed by atoms with Gasteiger partial charge in [-0.05, 0) is 23.8 Å². The highest BCUT2D eigenvalue weighted by atomic mass is 79.9. The van der Waals surface area contributed by atoms with Crippen LogP contribution in [-0.2, 0) is 7.05 Å². The molecule has 0 atom stereocenters. The Labute approximate surface area is 113 Å². The van der Waals surface area contributed by atoms with Gasteiger partial charge in [0.05, 0.1) is 6.21 Å². The lowest BCUT2D eigenvalue weighted by Gasteiger charge is -1.96. The lowest BCUT2D eigenvalue weighted by molar-refractivity contribution is 0.0949. The maximum absolute atomic E-state index is 11.6. The highest BCUT2D eigenvalue weighted by molar-refractivity contribution is 9.10. The van der Waals surface area contributed by atoms with Crippen LogP contribution >= 0.6 is 15.9 Å². The number of nitrogens with one attached hydrogen (secondary N) is 1. The molecule has 2 rings (SSSR count). The number of hydrogen-bond acceptors (Lipinski definition) is 3. The molecule has 0 aliphatic heterocycles. The molecular weight excluding hydrogens is 296 g/mol. The number of benzene rings is 1. The van der Waals surface area contributed by atoms with Crippen molar-refractivity contribution in [2.75, 3.05) is 0 Å². The zero-order valence-corrected chi connectivity index (χ0v) is 11.3. The van der Waals surface area contributed by atoms with Gasteiger partial charge in [-0.2, -0.15) is 10.2 Å². The minimum Gasteiger partial charge on any atom is -0.275 e. The molecule has 0 aliphatic carbocycles. The summed E-state index contributed by atoms with van der Waals surface area (Å²) in [4.78, 5) is 11.6. The Kier molecular flexibility index (Phi) is 3.88. The van der Waals surface area contributed by atoms with Crippen molar-refractivity contribution in [2.24, 2.45) is 12.1 Å². The smallest absolute Gasteiger partial charge is 0.275 e. The summed E-state index contributed by atoms with van der Waals surface area (Å²) in [6, 6.07) is 9.22. The van der Waals surface area contributed by atoms with Gasteiger partial charge < -0.3 is 0 Å². The van der Waals surface area contributed by atoms with E-state index in [0.29, 0.717) is 5.69 Å². The molecule has 0 spiro atoms. The molecule has 92 valence electrons. The second kappa shape index (κ2) is 5.59. The van der Waals surface area contributed by atoms with E-state index >= 15 is 0 Å². The molecule has 18 heavy (non-hydrogen) atoms. The number of carbonyl (C=O) groups excluding carboxylic acids is 1. The summed E-state index contributed by atoms with van der Waals surface area (Å²) in [7, 11) is 1.75. The van der Waals surface area contributed by atoms with Crippen LogP contribution in [0.1, 0.15) is 16.1 Å². The van der Waals surface area contributed by atoms with Crippen molar-refractivity contribution in [2.45, 2.75) is 0 Å². The SMILES string of the molecule is Cn1ccc(C(=O)NN=Cc2ccc(Br)cc2)n1. The van der Waals surface area contributed by atoms with Gasteiger partial charge in [0.2, 0.25) is 0 Å². The first-order valence-electron chi connectivity index (χ1n) is 5.24. The number of amides is 1. The molecule has 6 heteroatoms. The summed E-state index contributed by atoms with van der Waals surface area (Å²) < 4.78 is 2.56. The van der Waals surface area contributed by atoms with Crippen LogP contribution in [0.25, 0.3) is 0 Å². The minimum absolute atomic E-state index is 0.330. The first kappa shape index (κ1) is 12.5. The molecule has 1 amide bonds. The normalized spacial score (nSPS) is 10.8. The van der Waals surface area contributed by atoms with E-state index in [9.17, 15) is 4.79 Å². The van der Waals surface area contributed by atoms with Gasteiger partial charge in [0.25, 0.3) is 5.91 Å². The van der Waals surface area contributed by atoms with E-state index in [-0.39, 0.29) is 5.91 Å². The van der Waals surface area contributed by atoms with Gasteiger partial charge in [-0.3, -0.25) is 9.48 Å². The van der Waals surface area contributed by atoms with Crippen molar-refractivity contribution < 1.29 is 4.79 Å². The third-order valence-electron chi connectivity index (χ3n) is 2.20. The van der Waals surface area contributed by atoms with Gasteiger partial charge in [0.15, 0.2) is 5.69 Å². The van der Waals surface area contributed by atoms with Gasteiger partial charge in [-0.25, -0.2) is 5.43 Å². The molecule has 1 aromatic carbocycles. The van der Waals surface area contributed by atoms with Gasteiger partial charge in [0.1, 0.15) is 0 Å². The summed E-state index contributed by atoms with van der Waals surface area (Å²) in [6.45, 7) is 0. The monoisotopic (exact) mass is 306 g/mol. The first-order chi connectivity index (χ1) is 8.65. The topological polar surface area (TPSA) is 59.3 Å². The lowest BCUT2D eigenvalue weighted by Crippen LogP contribution is -2.18. The van der Waals surface area contributed by atoms with Crippen LogP contribution in [0.3, 0.4) is 0 Å². The number of nitrogens with zero attached hydrogens (tertiary/aromatic N) is 3. The largest absolute Gasteiger partial charge is 0.291 e. The molecule has 0 fully saturated rings. The van der Waals surface area contributed by atoms with Crippen molar-refractivity contribution in [3.05, 3.63) is 52.3 Å². The van der Waals surface area contributed by atoms with Crippen molar-refractivity contribution in [1.82, 2.24) is 15.2 Å². The molecule has 0 saturated carbocycles. The molecule has 1 heterocycles. The molecule has 1 N–H and O–H groups in total. The Hall–Kier alpha value is -1.95. The molecule has 2 aromatic rings. The summed E-state index contributed by atoms with van der Waals surface area (Å²) in [5.74, 6) is -0.330. The van der Waals surface area contributed by atoms with Crippen LogP contribution in [0.2, 0.25) is 0 Å². The maximum atomic E-state index is 11.6. The average Bonchev–Trinajstić information content (AvgIpc) is 2.78. The third kappa shape index (κ3) is 3.27. The van der Waals surface area contributed by atoms with E-state index < -0.39 is 0 Å². The quantitative estimate of drug-likeness (QED) is 0.696. The summed E-state index contributed by atoms with van der Waals surface area (Å²) in [6.07, 6.45) is 3.28. The van der Waals surface area contributed by atoms with E-state index in [1.165, 1.54) is 0 Å². The van der Waals surface area contributed by atoms with E-state index in [0.717, 1.165) is 10.0 Å². The van der Waals surface area contributed by atoms with Crippen LogP contribution in [0.15, 0.2) is 46.1 Å².